The number of hydrogen-bond acceptors (Lipinski definition) is 4. The summed E-state index contributed by atoms with van der Waals surface area (Å²) in [5.41, 5.74) is 12.6. The van der Waals surface area contributed by atoms with Gasteiger partial charge in [0.25, 0.3) is 5.91 Å². The molecule has 9 heteroatoms. The van der Waals surface area contributed by atoms with Crippen molar-refractivity contribution in [3.8, 4) is 0 Å². The van der Waals surface area contributed by atoms with E-state index >= 15 is 0 Å². The first-order valence-corrected chi connectivity index (χ1v) is 9.87. The van der Waals surface area contributed by atoms with Crippen LogP contribution in [0.3, 0.4) is 0 Å². The molecule has 6 nitrogen and oxygen atoms in total. The van der Waals surface area contributed by atoms with Gasteiger partial charge in [0.15, 0.2) is 0 Å². The van der Waals surface area contributed by atoms with E-state index in [1.165, 1.54) is 30.8 Å². The standard InChI is InChI=1S/C22H24F3N5O/c23-22(24,25)15-5-4-6-16(13-15)28-10-9-20(27)29-21(31)18-14-17(7-8-19(18)26)30-11-2-1-3-12-30/h4-10,13-14,28H,1-3,11-12,26H2,(H2,27,29,31). The third-order valence-corrected chi connectivity index (χ3v) is 4.91. The number of piperidine rings is 1. The number of rotatable bonds is 5. The van der Waals surface area contributed by atoms with Crippen LogP contribution >= 0.6 is 0 Å². The quantitative estimate of drug-likeness (QED) is 0.370. The Labute approximate surface area is 178 Å². The summed E-state index contributed by atoms with van der Waals surface area (Å²) in [4.78, 5) is 18.6. The number of carbonyl (C=O) groups excluding carboxylic acids is 1. The van der Waals surface area contributed by atoms with Gasteiger partial charge in [0.1, 0.15) is 5.84 Å². The van der Waals surface area contributed by atoms with E-state index in [4.69, 9.17) is 11.5 Å². The van der Waals surface area contributed by atoms with Gasteiger partial charge in [-0.25, -0.2) is 0 Å². The zero-order chi connectivity index (χ0) is 22.4. The minimum Gasteiger partial charge on any atom is -0.398 e. The number of alkyl halides is 3. The Bertz CT molecular complexity index is 995. The van der Waals surface area contributed by atoms with Crippen LogP contribution in [0.15, 0.2) is 59.7 Å². The topological polar surface area (TPSA) is 96.7 Å². The van der Waals surface area contributed by atoms with Gasteiger partial charge in [-0.3, -0.25) is 4.79 Å². The van der Waals surface area contributed by atoms with Crippen molar-refractivity contribution in [3.05, 3.63) is 65.9 Å². The smallest absolute Gasteiger partial charge is 0.398 e. The van der Waals surface area contributed by atoms with E-state index in [1.54, 1.807) is 12.1 Å². The Kier molecular flexibility index (Phi) is 6.84. The number of nitrogens with zero attached hydrogens (tertiary/aromatic N) is 2. The van der Waals surface area contributed by atoms with E-state index in [9.17, 15) is 18.0 Å². The van der Waals surface area contributed by atoms with Crippen LogP contribution in [0, 0.1) is 0 Å². The van der Waals surface area contributed by atoms with Crippen molar-refractivity contribution >= 4 is 28.8 Å². The number of amidine groups is 1. The van der Waals surface area contributed by atoms with Gasteiger partial charge in [-0.15, -0.1) is 0 Å². The molecule has 0 saturated carbocycles. The van der Waals surface area contributed by atoms with Gasteiger partial charge in [-0.05, 0) is 61.7 Å². The molecule has 0 spiro atoms. The highest BCUT2D eigenvalue weighted by molar-refractivity contribution is 6.09. The normalized spacial score (nSPS) is 15.3. The van der Waals surface area contributed by atoms with Crippen LogP contribution in [0.4, 0.5) is 30.2 Å². The molecule has 0 atom stereocenters. The van der Waals surface area contributed by atoms with E-state index in [-0.39, 0.29) is 17.1 Å². The number of benzene rings is 2. The van der Waals surface area contributed by atoms with Crippen molar-refractivity contribution in [2.45, 2.75) is 25.4 Å². The van der Waals surface area contributed by atoms with Crippen LogP contribution in [-0.2, 0) is 6.18 Å². The van der Waals surface area contributed by atoms with Crippen molar-refractivity contribution in [2.24, 2.45) is 10.7 Å². The summed E-state index contributed by atoms with van der Waals surface area (Å²) in [7, 11) is 0. The minimum absolute atomic E-state index is 0.104. The molecule has 1 heterocycles. The highest BCUT2D eigenvalue weighted by Gasteiger charge is 2.30. The molecule has 1 saturated heterocycles. The number of nitrogens with one attached hydrogen (secondary N) is 1. The van der Waals surface area contributed by atoms with E-state index in [2.05, 4.69) is 15.2 Å². The fourth-order valence-electron chi connectivity index (χ4n) is 3.30. The Morgan fingerprint density at radius 1 is 1.10 bits per heavy atom. The van der Waals surface area contributed by atoms with Crippen molar-refractivity contribution in [3.63, 3.8) is 0 Å². The Hall–Kier alpha value is -3.49. The lowest BCUT2D eigenvalue weighted by molar-refractivity contribution is -0.137. The molecule has 0 aliphatic carbocycles. The molecule has 3 rings (SSSR count). The first kappa shape index (κ1) is 22.2. The Balaban J connectivity index is 1.68. The van der Waals surface area contributed by atoms with Crippen LogP contribution in [0.1, 0.15) is 35.2 Å². The summed E-state index contributed by atoms with van der Waals surface area (Å²) < 4.78 is 38.3. The van der Waals surface area contributed by atoms with Crippen LogP contribution in [0.5, 0.6) is 0 Å². The van der Waals surface area contributed by atoms with Gasteiger partial charge in [0, 0.05) is 36.4 Å². The first-order valence-electron chi connectivity index (χ1n) is 9.87. The number of hydrogen-bond donors (Lipinski definition) is 3. The predicted octanol–water partition coefficient (Wildman–Crippen LogP) is 4.40. The summed E-state index contributed by atoms with van der Waals surface area (Å²) in [6, 6.07) is 9.98. The number of carbonyl (C=O) groups is 1. The molecule has 164 valence electrons. The maximum absolute atomic E-state index is 12.8. The third kappa shape index (κ3) is 6.00. The van der Waals surface area contributed by atoms with E-state index < -0.39 is 17.6 Å². The fourth-order valence-corrected chi connectivity index (χ4v) is 3.30. The zero-order valence-electron chi connectivity index (χ0n) is 16.8. The van der Waals surface area contributed by atoms with Crippen molar-refractivity contribution in [1.29, 1.82) is 0 Å². The molecule has 5 N–H and O–H groups in total. The maximum atomic E-state index is 12.8. The number of nitrogen functional groups attached to an aromatic ring is 1. The summed E-state index contributed by atoms with van der Waals surface area (Å²) in [6.07, 6.45) is 1.57. The number of amides is 1. The third-order valence-electron chi connectivity index (χ3n) is 4.91. The lowest BCUT2D eigenvalue weighted by Crippen LogP contribution is -2.29. The van der Waals surface area contributed by atoms with Gasteiger partial charge in [0.2, 0.25) is 0 Å². The van der Waals surface area contributed by atoms with Crippen LogP contribution in [0.2, 0.25) is 0 Å². The second-order valence-electron chi connectivity index (χ2n) is 7.22. The molecule has 0 bridgehead atoms. The molecule has 0 radical (unpaired) electrons. The number of halogens is 3. The summed E-state index contributed by atoms with van der Waals surface area (Å²) in [5, 5.41) is 2.68. The van der Waals surface area contributed by atoms with Gasteiger partial charge in [-0.2, -0.15) is 18.2 Å². The number of anilines is 3. The highest BCUT2D eigenvalue weighted by Crippen LogP contribution is 2.30. The molecule has 2 aromatic carbocycles. The second kappa shape index (κ2) is 9.55. The monoisotopic (exact) mass is 431 g/mol. The molecule has 1 amide bonds. The van der Waals surface area contributed by atoms with Gasteiger partial charge >= 0.3 is 6.18 Å². The highest BCUT2D eigenvalue weighted by atomic mass is 19.4. The van der Waals surface area contributed by atoms with Gasteiger partial charge in [0.05, 0.1) is 11.1 Å². The van der Waals surface area contributed by atoms with E-state index in [0.29, 0.717) is 5.69 Å². The van der Waals surface area contributed by atoms with E-state index in [1.807, 2.05) is 6.07 Å². The van der Waals surface area contributed by atoms with Crippen LogP contribution in [0.25, 0.3) is 0 Å². The van der Waals surface area contributed by atoms with E-state index in [0.717, 1.165) is 43.8 Å². The minimum atomic E-state index is -4.43. The molecular formula is C22H24F3N5O. The molecular weight excluding hydrogens is 407 g/mol. The number of aliphatic imine (C=N–C) groups is 1. The molecule has 0 unspecified atom stereocenters. The van der Waals surface area contributed by atoms with Crippen LogP contribution in [-0.4, -0.2) is 24.8 Å². The Morgan fingerprint density at radius 2 is 1.84 bits per heavy atom. The predicted molar refractivity (Wildman–Crippen MR) is 117 cm³/mol. The lowest BCUT2D eigenvalue weighted by Gasteiger charge is -2.29. The second-order valence-corrected chi connectivity index (χ2v) is 7.22. The number of nitrogens with two attached hydrogens (primary N) is 2. The average Bonchev–Trinajstić information content (AvgIpc) is 2.74. The zero-order valence-corrected chi connectivity index (χ0v) is 16.8. The lowest BCUT2D eigenvalue weighted by atomic mass is 10.1. The van der Waals surface area contributed by atoms with Crippen molar-refractivity contribution in [2.75, 3.05) is 29.0 Å². The SMILES string of the molecule is NC(C=CNc1cccc(C(F)(F)F)c1)=NC(=O)c1cc(N2CCCCC2)ccc1N. The molecule has 1 fully saturated rings. The first-order chi connectivity index (χ1) is 14.7. The largest absolute Gasteiger partial charge is 0.416 e. The summed E-state index contributed by atoms with van der Waals surface area (Å²) in [5.74, 6) is -0.690. The van der Waals surface area contributed by atoms with Crippen molar-refractivity contribution < 1.29 is 18.0 Å². The maximum Gasteiger partial charge on any atom is 0.416 e. The van der Waals surface area contributed by atoms with Crippen LogP contribution < -0.4 is 21.7 Å². The average molecular weight is 431 g/mol. The fraction of sp³-hybridized carbons (Fsp3) is 0.273. The summed E-state index contributed by atoms with van der Waals surface area (Å²) in [6.45, 7) is 1.85. The van der Waals surface area contributed by atoms with Gasteiger partial charge in [-0.1, -0.05) is 6.07 Å². The molecule has 1 aliphatic rings. The van der Waals surface area contributed by atoms with Gasteiger partial charge < -0.3 is 21.7 Å². The summed E-state index contributed by atoms with van der Waals surface area (Å²) >= 11 is 0. The molecule has 31 heavy (non-hydrogen) atoms. The molecule has 1 aliphatic heterocycles. The van der Waals surface area contributed by atoms with Crippen molar-refractivity contribution in [1.82, 2.24) is 0 Å². The molecule has 2 aromatic rings. The molecule has 0 aromatic heterocycles. The Morgan fingerprint density at radius 3 is 2.55 bits per heavy atom.